The Balaban J connectivity index is 2.05. The van der Waals surface area contributed by atoms with Gasteiger partial charge < -0.3 is 15.0 Å². The van der Waals surface area contributed by atoms with E-state index in [-0.39, 0.29) is 23.0 Å². The lowest BCUT2D eigenvalue weighted by Gasteiger charge is -2.33. The summed E-state index contributed by atoms with van der Waals surface area (Å²) in [7, 11) is -1.18. The van der Waals surface area contributed by atoms with Crippen molar-refractivity contribution in [3.05, 3.63) is 88.9 Å². The molecule has 3 aromatic rings. The van der Waals surface area contributed by atoms with E-state index in [1.165, 1.54) is 55.5 Å². The number of nitrogens with one attached hydrogen (secondary N) is 1. The molecule has 0 spiro atoms. The number of anilines is 1. The van der Waals surface area contributed by atoms with Crippen LogP contribution in [0.4, 0.5) is 5.69 Å². The lowest BCUT2D eigenvalue weighted by Crippen LogP contribution is -2.51. The molecule has 0 bridgehead atoms. The van der Waals surface area contributed by atoms with Crippen LogP contribution in [-0.2, 0) is 26.2 Å². The fraction of sp³-hybridized carbons (Fsp3) is 0.286. The third-order valence-corrected chi connectivity index (χ3v) is 8.15. The third kappa shape index (κ3) is 6.85. The maximum Gasteiger partial charge on any atom is 0.264 e. The molecule has 10 heteroatoms. The number of hydrogen-bond acceptors (Lipinski definition) is 5. The number of carbonyl (C=O) groups is 2. The van der Waals surface area contributed by atoms with Crippen LogP contribution in [0.15, 0.2) is 77.7 Å². The van der Waals surface area contributed by atoms with Gasteiger partial charge in [-0.2, -0.15) is 0 Å². The van der Waals surface area contributed by atoms with Gasteiger partial charge in [-0.3, -0.25) is 13.9 Å². The highest BCUT2D eigenvalue weighted by Gasteiger charge is 2.33. The zero-order valence-corrected chi connectivity index (χ0v) is 23.4. The van der Waals surface area contributed by atoms with Crippen LogP contribution < -0.4 is 14.4 Å². The summed E-state index contributed by atoms with van der Waals surface area (Å²) in [5.41, 5.74) is 2.10. The maximum atomic E-state index is 13.9. The van der Waals surface area contributed by atoms with Gasteiger partial charge in [0, 0.05) is 18.6 Å². The highest BCUT2D eigenvalue weighted by molar-refractivity contribution is 7.92. The summed E-state index contributed by atoms with van der Waals surface area (Å²) in [4.78, 5) is 28.1. The van der Waals surface area contributed by atoms with Crippen molar-refractivity contribution in [2.75, 3.05) is 25.0 Å². The minimum atomic E-state index is -4.17. The lowest BCUT2D eigenvalue weighted by molar-refractivity contribution is -0.140. The molecule has 38 heavy (non-hydrogen) atoms. The molecule has 0 saturated carbocycles. The van der Waals surface area contributed by atoms with E-state index < -0.39 is 28.5 Å². The SMILES string of the molecule is CC[C@H](C(=O)NC)N(Cc1cccc(C)c1)C(=O)CN(c1ccc(Cl)cc1)S(=O)(=O)c1ccc(OC)cc1. The molecule has 0 unspecified atom stereocenters. The van der Waals surface area contributed by atoms with Crippen molar-refractivity contribution >= 4 is 39.1 Å². The number of rotatable bonds is 11. The number of sulfonamides is 1. The molecular formula is C28H32ClN3O5S. The summed E-state index contributed by atoms with van der Waals surface area (Å²) < 4.78 is 33.8. The first-order valence-corrected chi connectivity index (χ1v) is 13.9. The maximum absolute atomic E-state index is 13.9. The van der Waals surface area contributed by atoms with Crippen molar-refractivity contribution in [2.24, 2.45) is 0 Å². The van der Waals surface area contributed by atoms with Gasteiger partial charge >= 0.3 is 0 Å². The molecule has 3 rings (SSSR count). The summed E-state index contributed by atoms with van der Waals surface area (Å²) in [6.07, 6.45) is 0.351. The van der Waals surface area contributed by atoms with Crippen LogP contribution in [-0.4, -0.2) is 51.9 Å². The highest BCUT2D eigenvalue weighted by atomic mass is 35.5. The molecule has 202 valence electrons. The number of likely N-dealkylation sites (N-methyl/N-ethyl adjacent to an activating group) is 1. The Hall–Kier alpha value is -3.56. The van der Waals surface area contributed by atoms with Crippen LogP contribution in [0.5, 0.6) is 5.75 Å². The van der Waals surface area contributed by atoms with E-state index in [0.717, 1.165) is 15.4 Å². The Kier molecular flexibility index (Phi) is 9.77. The van der Waals surface area contributed by atoms with Crippen LogP contribution in [0.2, 0.25) is 5.02 Å². The molecule has 1 atom stereocenters. The summed E-state index contributed by atoms with van der Waals surface area (Å²) in [6, 6.07) is 18.9. The van der Waals surface area contributed by atoms with Crippen LogP contribution in [0.1, 0.15) is 24.5 Å². The monoisotopic (exact) mass is 557 g/mol. The molecule has 0 aliphatic rings. The average molecular weight is 558 g/mol. The van der Waals surface area contributed by atoms with Gasteiger partial charge in [-0.05, 0) is 67.4 Å². The fourth-order valence-corrected chi connectivity index (χ4v) is 5.64. The first-order chi connectivity index (χ1) is 18.1. The number of halogens is 1. The average Bonchev–Trinajstić information content (AvgIpc) is 2.91. The van der Waals surface area contributed by atoms with Crippen LogP contribution >= 0.6 is 11.6 Å². The van der Waals surface area contributed by atoms with Crippen molar-refractivity contribution < 1.29 is 22.7 Å². The molecule has 0 fully saturated rings. The Bertz CT molecular complexity index is 1360. The number of amides is 2. The second-order valence-electron chi connectivity index (χ2n) is 8.71. The summed E-state index contributed by atoms with van der Waals surface area (Å²) >= 11 is 6.05. The van der Waals surface area contributed by atoms with Crippen LogP contribution in [0, 0.1) is 6.92 Å². The van der Waals surface area contributed by atoms with Crippen molar-refractivity contribution in [3.8, 4) is 5.75 Å². The van der Waals surface area contributed by atoms with E-state index in [0.29, 0.717) is 17.2 Å². The van der Waals surface area contributed by atoms with Gasteiger partial charge in [-0.15, -0.1) is 0 Å². The number of nitrogens with zero attached hydrogens (tertiary/aromatic N) is 2. The molecule has 0 radical (unpaired) electrons. The Morgan fingerprint density at radius 3 is 2.24 bits per heavy atom. The van der Waals surface area contributed by atoms with Gasteiger partial charge in [0.2, 0.25) is 11.8 Å². The fourth-order valence-electron chi connectivity index (χ4n) is 4.10. The molecular weight excluding hydrogens is 526 g/mol. The Morgan fingerprint density at radius 2 is 1.68 bits per heavy atom. The van der Waals surface area contributed by atoms with Crippen LogP contribution in [0.3, 0.4) is 0 Å². The number of benzene rings is 3. The number of carbonyl (C=O) groups excluding carboxylic acids is 2. The first kappa shape index (κ1) is 29.0. The van der Waals surface area contributed by atoms with E-state index in [1.807, 2.05) is 38.1 Å². The largest absolute Gasteiger partial charge is 0.497 e. The number of hydrogen-bond donors (Lipinski definition) is 1. The summed E-state index contributed by atoms with van der Waals surface area (Å²) in [6.45, 7) is 3.37. The molecule has 8 nitrogen and oxygen atoms in total. The predicted octanol–water partition coefficient (Wildman–Crippen LogP) is 4.41. The smallest absolute Gasteiger partial charge is 0.264 e. The highest BCUT2D eigenvalue weighted by Crippen LogP contribution is 2.27. The Morgan fingerprint density at radius 1 is 1.03 bits per heavy atom. The molecule has 0 aliphatic carbocycles. The lowest BCUT2D eigenvalue weighted by atomic mass is 10.1. The topological polar surface area (TPSA) is 96.0 Å². The zero-order valence-electron chi connectivity index (χ0n) is 21.8. The van der Waals surface area contributed by atoms with Gasteiger partial charge in [-0.1, -0.05) is 48.4 Å². The van der Waals surface area contributed by atoms with E-state index in [9.17, 15) is 18.0 Å². The van der Waals surface area contributed by atoms with Gasteiger partial charge in [0.25, 0.3) is 10.0 Å². The number of methoxy groups -OCH3 is 1. The zero-order chi connectivity index (χ0) is 27.9. The second-order valence-corrected chi connectivity index (χ2v) is 11.0. The molecule has 3 aromatic carbocycles. The van der Waals surface area contributed by atoms with E-state index in [1.54, 1.807) is 12.1 Å². The molecule has 1 N–H and O–H groups in total. The van der Waals surface area contributed by atoms with Crippen molar-refractivity contribution in [1.29, 1.82) is 0 Å². The summed E-state index contributed by atoms with van der Waals surface area (Å²) in [5.74, 6) is -0.350. The van der Waals surface area contributed by atoms with Gasteiger partial charge in [0.1, 0.15) is 18.3 Å². The number of ether oxygens (including phenoxy) is 1. The first-order valence-electron chi connectivity index (χ1n) is 12.1. The van der Waals surface area contributed by atoms with Crippen molar-refractivity contribution in [2.45, 2.75) is 37.8 Å². The minimum Gasteiger partial charge on any atom is -0.497 e. The van der Waals surface area contributed by atoms with E-state index >= 15 is 0 Å². The molecule has 0 heterocycles. The van der Waals surface area contributed by atoms with Crippen molar-refractivity contribution in [3.63, 3.8) is 0 Å². The molecule has 0 aromatic heterocycles. The normalized spacial score (nSPS) is 11.9. The van der Waals surface area contributed by atoms with Gasteiger partial charge in [0.15, 0.2) is 0 Å². The summed E-state index contributed by atoms with van der Waals surface area (Å²) in [5, 5.41) is 3.04. The standard InChI is InChI=1S/C28H32ClN3O5S/c1-5-26(28(34)30-3)31(18-21-8-6-7-20(2)17-21)27(33)19-32(23-11-9-22(29)10-12-23)38(35,36)25-15-13-24(37-4)14-16-25/h6-17,26H,5,18-19H2,1-4H3,(H,30,34)/t26-/m1/s1. The van der Waals surface area contributed by atoms with Crippen molar-refractivity contribution in [1.82, 2.24) is 10.2 Å². The Labute approximate surface area is 229 Å². The van der Waals surface area contributed by atoms with Crippen LogP contribution in [0.25, 0.3) is 0 Å². The second kappa shape index (κ2) is 12.8. The molecule has 0 saturated heterocycles. The molecule has 2 amide bonds. The quantitative estimate of drug-likeness (QED) is 0.377. The third-order valence-electron chi connectivity index (χ3n) is 6.11. The van der Waals surface area contributed by atoms with Gasteiger partial charge in [0.05, 0.1) is 17.7 Å². The predicted molar refractivity (Wildman–Crippen MR) is 149 cm³/mol. The van der Waals surface area contributed by atoms with E-state index in [2.05, 4.69) is 5.32 Å². The minimum absolute atomic E-state index is 0.00960. The molecule has 0 aliphatic heterocycles. The van der Waals surface area contributed by atoms with Gasteiger partial charge in [-0.25, -0.2) is 8.42 Å². The van der Waals surface area contributed by atoms with E-state index in [4.69, 9.17) is 16.3 Å². The number of aryl methyl sites for hydroxylation is 1.